The summed E-state index contributed by atoms with van der Waals surface area (Å²) in [5.74, 6) is -0.415. The third-order valence-electron chi connectivity index (χ3n) is 4.24. The van der Waals surface area contributed by atoms with Crippen LogP contribution in [0.3, 0.4) is 0 Å². The fourth-order valence-electron chi connectivity index (χ4n) is 2.82. The zero-order valence-corrected chi connectivity index (χ0v) is 17.0. The van der Waals surface area contributed by atoms with Crippen LogP contribution in [0.4, 0.5) is 5.69 Å². The lowest BCUT2D eigenvalue weighted by Crippen LogP contribution is -2.43. The van der Waals surface area contributed by atoms with Gasteiger partial charge in [-0.2, -0.15) is 4.31 Å². The fraction of sp³-hybridized carbons (Fsp3) is 0.333. The number of nitrogens with zero attached hydrogens (tertiary/aromatic N) is 2. The van der Waals surface area contributed by atoms with Crippen molar-refractivity contribution >= 4 is 33.4 Å². The molecule has 1 amide bonds. The van der Waals surface area contributed by atoms with Crippen LogP contribution in [-0.2, 0) is 26.1 Å². The van der Waals surface area contributed by atoms with Gasteiger partial charge < -0.3 is 14.6 Å². The lowest BCUT2D eigenvalue weighted by atomic mass is 10.3. The van der Waals surface area contributed by atoms with Gasteiger partial charge in [-0.15, -0.1) is 11.8 Å². The number of sulfonamides is 1. The summed E-state index contributed by atoms with van der Waals surface area (Å²) in [5, 5.41) is 2.73. The van der Waals surface area contributed by atoms with Crippen LogP contribution in [0.1, 0.15) is 0 Å². The number of benzene rings is 1. The molecule has 0 saturated carbocycles. The third-order valence-corrected chi connectivity index (χ3v) is 6.88. The summed E-state index contributed by atoms with van der Waals surface area (Å²) < 4.78 is 33.0. The minimum atomic E-state index is -3.93. The van der Waals surface area contributed by atoms with Gasteiger partial charge in [0.25, 0.3) is 5.56 Å². The second-order valence-electron chi connectivity index (χ2n) is 6.10. The molecule has 1 fully saturated rings. The van der Waals surface area contributed by atoms with E-state index in [9.17, 15) is 18.0 Å². The summed E-state index contributed by atoms with van der Waals surface area (Å²) in [7, 11) is -3.93. The number of aromatic nitrogens is 1. The first-order chi connectivity index (χ1) is 13.4. The van der Waals surface area contributed by atoms with E-state index in [0.29, 0.717) is 5.69 Å². The number of hydrogen-bond acceptors (Lipinski definition) is 6. The third kappa shape index (κ3) is 4.64. The first-order valence-corrected chi connectivity index (χ1v) is 11.3. The molecule has 8 nitrogen and oxygen atoms in total. The minimum Gasteiger partial charge on any atom is -0.379 e. The van der Waals surface area contributed by atoms with Crippen LogP contribution in [0.15, 0.2) is 57.2 Å². The molecule has 1 aliphatic heterocycles. The Bertz CT molecular complexity index is 1010. The Kier molecular flexibility index (Phi) is 6.55. The monoisotopic (exact) mass is 423 g/mol. The van der Waals surface area contributed by atoms with Crippen molar-refractivity contribution in [2.75, 3.05) is 37.9 Å². The zero-order valence-electron chi connectivity index (χ0n) is 15.3. The maximum absolute atomic E-state index is 12.8. The molecule has 0 aliphatic carbocycles. The largest absolute Gasteiger partial charge is 0.379 e. The number of morpholine rings is 1. The van der Waals surface area contributed by atoms with Gasteiger partial charge in [-0.25, -0.2) is 8.42 Å². The van der Waals surface area contributed by atoms with E-state index < -0.39 is 21.5 Å². The molecule has 2 heterocycles. The quantitative estimate of drug-likeness (QED) is 0.702. The topological polar surface area (TPSA) is 97.7 Å². The summed E-state index contributed by atoms with van der Waals surface area (Å²) >= 11 is 1.55. The number of hydrogen-bond donors (Lipinski definition) is 1. The lowest BCUT2D eigenvalue weighted by molar-refractivity contribution is -0.116. The van der Waals surface area contributed by atoms with Crippen LogP contribution >= 0.6 is 11.8 Å². The van der Waals surface area contributed by atoms with Crippen molar-refractivity contribution in [3.8, 4) is 0 Å². The second kappa shape index (κ2) is 8.91. The van der Waals surface area contributed by atoms with Crippen molar-refractivity contribution in [2.45, 2.75) is 16.3 Å². The molecule has 1 aromatic carbocycles. The molecule has 0 bridgehead atoms. The lowest BCUT2D eigenvalue weighted by Gasteiger charge is -2.25. The Morgan fingerprint density at radius 3 is 2.68 bits per heavy atom. The first-order valence-electron chi connectivity index (χ1n) is 8.63. The predicted octanol–water partition coefficient (Wildman–Crippen LogP) is 1.23. The maximum Gasteiger partial charge on any atom is 0.271 e. The number of nitrogens with one attached hydrogen (secondary N) is 1. The summed E-state index contributed by atoms with van der Waals surface area (Å²) in [5.41, 5.74) is -0.107. The van der Waals surface area contributed by atoms with Gasteiger partial charge in [-0.05, 0) is 36.6 Å². The van der Waals surface area contributed by atoms with Crippen molar-refractivity contribution in [1.29, 1.82) is 0 Å². The molecule has 1 aromatic heterocycles. The van der Waals surface area contributed by atoms with E-state index in [-0.39, 0.29) is 37.7 Å². The van der Waals surface area contributed by atoms with Gasteiger partial charge in [0.05, 0.1) is 13.2 Å². The standard InChI is InChI=1S/C18H21N3O5S2/c1-27-15-5-2-4-14(12-15)19-17(22)13-20-7-3-6-16(18(20)23)28(24,25)21-8-10-26-11-9-21/h2-7,12H,8-11,13H2,1H3,(H,19,22). The van der Waals surface area contributed by atoms with E-state index >= 15 is 0 Å². The SMILES string of the molecule is CSc1cccc(NC(=O)Cn2cccc(S(=O)(=O)N3CCOCC3)c2=O)c1. The minimum absolute atomic E-state index is 0.197. The Morgan fingerprint density at radius 2 is 1.96 bits per heavy atom. The van der Waals surface area contributed by atoms with E-state index in [1.54, 1.807) is 17.8 Å². The molecule has 1 aliphatic rings. The van der Waals surface area contributed by atoms with Gasteiger partial charge in [-0.3, -0.25) is 9.59 Å². The van der Waals surface area contributed by atoms with Crippen molar-refractivity contribution < 1.29 is 17.9 Å². The van der Waals surface area contributed by atoms with Gasteiger partial charge in [0, 0.05) is 29.9 Å². The highest BCUT2D eigenvalue weighted by atomic mass is 32.2. The molecule has 0 atom stereocenters. The zero-order chi connectivity index (χ0) is 20.1. The highest BCUT2D eigenvalue weighted by Crippen LogP contribution is 2.19. The molecule has 1 saturated heterocycles. The molecular formula is C18H21N3O5S2. The molecule has 0 spiro atoms. The van der Waals surface area contributed by atoms with E-state index in [0.717, 1.165) is 9.46 Å². The number of rotatable bonds is 6. The van der Waals surface area contributed by atoms with Crippen LogP contribution in [-0.4, -0.2) is 55.8 Å². The average Bonchev–Trinajstić information content (AvgIpc) is 2.70. The van der Waals surface area contributed by atoms with Crippen LogP contribution < -0.4 is 10.9 Å². The molecule has 0 radical (unpaired) electrons. The van der Waals surface area contributed by atoms with Gasteiger partial charge in [0.15, 0.2) is 0 Å². The Balaban J connectivity index is 1.79. The summed E-state index contributed by atoms with van der Waals surface area (Å²) in [6, 6.07) is 10.0. The van der Waals surface area contributed by atoms with E-state index in [1.807, 2.05) is 24.5 Å². The van der Waals surface area contributed by atoms with Crippen molar-refractivity contribution in [2.24, 2.45) is 0 Å². The van der Waals surface area contributed by atoms with Crippen LogP contribution in [0.25, 0.3) is 0 Å². The summed E-state index contributed by atoms with van der Waals surface area (Å²) in [4.78, 5) is 25.7. The number of carbonyl (C=O) groups is 1. The van der Waals surface area contributed by atoms with E-state index in [4.69, 9.17) is 4.74 Å². The number of ether oxygens (including phenoxy) is 1. The number of thioether (sulfide) groups is 1. The molecule has 0 unspecified atom stereocenters. The van der Waals surface area contributed by atoms with Crippen LogP contribution in [0.5, 0.6) is 0 Å². The van der Waals surface area contributed by atoms with E-state index in [2.05, 4.69) is 5.32 Å². The number of anilines is 1. The van der Waals surface area contributed by atoms with Crippen molar-refractivity contribution in [3.05, 3.63) is 52.9 Å². The van der Waals surface area contributed by atoms with E-state index in [1.165, 1.54) is 22.6 Å². The average molecular weight is 424 g/mol. The molecule has 3 rings (SSSR count). The highest BCUT2D eigenvalue weighted by Gasteiger charge is 2.29. The maximum atomic E-state index is 12.8. The molecule has 150 valence electrons. The Morgan fingerprint density at radius 1 is 1.21 bits per heavy atom. The number of pyridine rings is 1. The fourth-order valence-corrected chi connectivity index (χ4v) is 4.77. The summed E-state index contributed by atoms with van der Waals surface area (Å²) in [6.45, 7) is 0.691. The van der Waals surface area contributed by atoms with Gasteiger partial charge >= 0.3 is 0 Å². The molecule has 10 heteroatoms. The van der Waals surface area contributed by atoms with Crippen LogP contribution in [0.2, 0.25) is 0 Å². The van der Waals surface area contributed by atoms with Crippen molar-refractivity contribution in [3.63, 3.8) is 0 Å². The number of carbonyl (C=O) groups excluding carboxylic acids is 1. The summed E-state index contributed by atoms with van der Waals surface area (Å²) in [6.07, 6.45) is 3.33. The van der Waals surface area contributed by atoms with Gasteiger partial charge in [0.1, 0.15) is 11.4 Å². The smallest absolute Gasteiger partial charge is 0.271 e. The second-order valence-corrected chi connectivity index (χ2v) is 8.89. The molecule has 1 N–H and O–H groups in total. The number of amides is 1. The van der Waals surface area contributed by atoms with Gasteiger partial charge in [0.2, 0.25) is 15.9 Å². The molecule has 2 aromatic rings. The van der Waals surface area contributed by atoms with Gasteiger partial charge in [-0.1, -0.05) is 6.07 Å². The van der Waals surface area contributed by atoms with Crippen LogP contribution in [0, 0.1) is 0 Å². The van der Waals surface area contributed by atoms with Crippen molar-refractivity contribution in [1.82, 2.24) is 8.87 Å². The molecule has 28 heavy (non-hydrogen) atoms. The molecular weight excluding hydrogens is 402 g/mol. The normalized spacial score (nSPS) is 15.3. The Hall–Kier alpha value is -2.14. The first kappa shape index (κ1) is 20.6. The Labute approximate surface area is 167 Å². The highest BCUT2D eigenvalue weighted by molar-refractivity contribution is 7.98. The predicted molar refractivity (Wildman–Crippen MR) is 107 cm³/mol.